The maximum Gasteiger partial charge on any atom is 0.0705 e. The summed E-state index contributed by atoms with van der Waals surface area (Å²) in [5.74, 6) is 0.388. The van der Waals surface area contributed by atoms with Gasteiger partial charge in [-0.15, -0.1) is 0 Å². The van der Waals surface area contributed by atoms with Crippen LogP contribution in [0.2, 0.25) is 0 Å². The molecule has 1 nitrogen and oxygen atoms in total. The molecule has 0 saturated heterocycles. The van der Waals surface area contributed by atoms with Crippen LogP contribution >= 0.6 is 0 Å². The Morgan fingerprint density at radius 1 is 0.700 bits per heavy atom. The number of aryl methyl sites for hydroxylation is 1. The van der Waals surface area contributed by atoms with Crippen LogP contribution in [0.5, 0.6) is 0 Å². The Morgan fingerprint density at radius 3 is 2.20 bits per heavy atom. The van der Waals surface area contributed by atoms with Crippen molar-refractivity contribution in [3.05, 3.63) is 102 Å². The van der Waals surface area contributed by atoms with Gasteiger partial charge in [-0.1, -0.05) is 80.6 Å². The number of nitrogens with zero attached hydrogens (tertiary/aromatic N) is 1. The van der Waals surface area contributed by atoms with Crippen LogP contribution in [0, 0.1) is 6.85 Å². The number of hydrogen-bond donors (Lipinski definition) is 0. The quantitative estimate of drug-likeness (QED) is 0.283. The van der Waals surface area contributed by atoms with Gasteiger partial charge < -0.3 is 0 Å². The summed E-state index contributed by atoms with van der Waals surface area (Å²) in [4.78, 5) is 4.59. The van der Waals surface area contributed by atoms with Crippen molar-refractivity contribution in [2.45, 2.75) is 26.6 Å². The summed E-state index contributed by atoms with van der Waals surface area (Å²) in [5, 5.41) is 3.70. The Morgan fingerprint density at radius 2 is 1.43 bits per heavy atom. The number of pyridine rings is 1. The molecule has 0 N–H and O–H groups in total. The second-order valence-electron chi connectivity index (χ2n) is 8.05. The Kier molecular flexibility index (Phi) is 3.81. The summed E-state index contributed by atoms with van der Waals surface area (Å²) in [5.41, 5.74) is 5.06. The molecule has 0 amide bonds. The van der Waals surface area contributed by atoms with Gasteiger partial charge in [0.25, 0.3) is 0 Å². The monoisotopic (exact) mass is 390 g/mol. The summed E-state index contributed by atoms with van der Waals surface area (Å²) >= 11 is 0. The molecule has 0 bridgehead atoms. The molecule has 0 atom stereocenters. The molecule has 30 heavy (non-hydrogen) atoms. The molecule has 5 aromatic rings. The summed E-state index contributed by atoms with van der Waals surface area (Å²) in [6.07, 6.45) is 1.83. The highest BCUT2D eigenvalue weighted by Crippen LogP contribution is 2.39. The van der Waals surface area contributed by atoms with E-state index >= 15 is 0 Å². The van der Waals surface area contributed by atoms with Crippen molar-refractivity contribution < 1.29 is 4.11 Å². The van der Waals surface area contributed by atoms with Crippen LogP contribution in [-0.2, 0) is 0 Å². The van der Waals surface area contributed by atoms with E-state index in [1.165, 1.54) is 5.56 Å². The fourth-order valence-electron chi connectivity index (χ4n) is 4.22. The highest BCUT2D eigenvalue weighted by molar-refractivity contribution is 6.16. The summed E-state index contributed by atoms with van der Waals surface area (Å²) in [6.45, 7) is 2.04. The van der Waals surface area contributed by atoms with Gasteiger partial charge >= 0.3 is 0 Å². The Hall–Kier alpha value is -3.45. The Labute approximate surface area is 182 Å². The average molecular weight is 391 g/mol. The summed E-state index contributed by atoms with van der Waals surface area (Å²) in [6, 6.07) is 28.1. The number of benzene rings is 4. The number of hydrogen-bond acceptors (Lipinski definition) is 1. The molecule has 0 aliphatic rings. The van der Waals surface area contributed by atoms with Gasteiger partial charge in [-0.3, -0.25) is 4.98 Å². The number of aromatic nitrogens is 1. The first kappa shape index (κ1) is 15.4. The molecule has 0 fully saturated rings. The van der Waals surface area contributed by atoms with E-state index in [1.807, 2.05) is 79.0 Å². The molecule has 0 aliphatic carbocycles. The van der Waals surface area contributed by atoms with Crippen LogP contribution in [0.3, 0.4) is 0 Å². The van der Waals surface area contributed by atoms with Gasteiger partial charge in [-0.05, 0) is 74.8 Å². The molecule has 0 aliphatic heterocycles. The molecular formula is C29H25N. The van der Waals surface area contributed by atoms with Crippen molar-refractivity contribution >= 4 is 21.5 Å². The minimum absolute atomic E-state index is 0.388. The lowest BCUT2D eigenvalue weighted by Gasteiger charge is -2.16. The fourth-order valence-corrected chi connectivity index (χ4v) is 4.22. The van der Waals surface area contributed by atoms with Crippen LogP contribution in [0.4, 0.5) is 0 Å². The van der Waals surface area contributed by atoms with Gasteiger partial charge in [0.2, 0.25) is 0 Å². The van der Waals surface area contributed by atoms with Crippen molar-refractivity contribution in [2.75, 3.05) is 0 Å². The topological polar surface area (TPSA) is 12.9 Å². The Balaban J connectivity index is 1.91. The fraction of sp³-hybridized carbons (Fsp3) is 0.138. The van der Waals surface area contributed by atoms with E-state index in [2.05, 4.69) is 31.0 Å². The maximum atomic E-state index is 8.50. The largest absolute Gasteiger partial charge is 0.256 e. The second-order valence-corrected chi connectivity index (χ2v) is 8.05. The first-order valence-electron chi connectivity index (χ1n) is 11.9. The molecule has 5 rings (SSSR count). The van der Waals surface area contributed by atoms with Crippen LogP contribution < -0.4 is 0 Å². The van der Waals surface area contributed by atoms with Crippen LogP contribution in [0.1, 0.15) is 35.0 Å². The third-order valence-corrected chi connectivity index (χ3v) is 5.83. The first-order chi connectivity index (χ1) is 15.8. The minimum atomic E-state index is -2.28. The molecule has 1 heterocycles. The molecule has 0 unspecified atom stereocenters. The lowest BCUT2D eigenvalue weighted by molar-refractivity contribution is 0.864. The summed E-state index contributed by atoms with van der Waals surface area (Å²) in [7, 11) is 0. The Bertz CT molecular complexity index is 1470. The number of fused-ring (bicyclic) bond motifs is 3. The van der Waals surface area contributed by atoms with Gasteiger partial charge in [0.15, 0.2) is 0 Å². The molecule has 0 spiro atoms. The molecule has 4 aromatic carbocycles. The third kappa shape index (κ3) is 3.07. The second kappa shape index (κ2) is 7.42. The van der Waals surface area contributed by atoms with E-state index in [9.17, 15) is 0 Å². The van der Waals surface area contributed by atoms with E-state index < -0.39 is 6.85 Å². The highest BCUT2D eigenvalue weighted by atomic mass is 14.7. The zero-order chi connectivity index (χ0) is 23.2. The highest BCUT2D eigenvalue weighted by Gasteiger charge is 2.14. The minimum Gasteiger partial charge on any atom is -0.256 e. The van der Waals surface area contributed by atoms with Gasteiger partial charge in [-0.2, -0.15) is 0 Å². The van der Waals surface area contributed by atoms with Gasteiger partial charge in [0.05, 0.1) is 5.69 Å². The van der Waals surface area contributed by atoms with Crippen molar-refractivity contribution in [3.63, 3.8) is 0 Å². The van der Waals surface area contributed by atoms with Crippen molar-refractivity contribution in [2.24, 2.45) is 0 Å². The lowest BCUT2D eigenvalue weighted by Crippen LogP contribution is -1.93. The van der Waals surface area contributed by atoms with E-state index in [-0.39, 0.29) is 0 Å². The van der Waals surface area contributed by atoms with E-state index in [1.54, 1.807) is 0 Å². The summed E-state index contributed by atoms with van der Waals surface area (Å²) < 4.78 is 25.5. The van der Waals surface area contributed by atoms with E-state index in [0.717, 1.165) is 43.9 Å². The van der Waals surface area contributed by atoms with E-state index in [4.69, 9.17) is 4.11 Å². The average Bonchev–Trinajstić information content (AvgIpc) is 2.82. The molecule has 1 aromatic heterocycles. The standard InChI is InChI=1S/C29H25N/c1-19(2)22-15-16-30-28(18-22)23-13-14-25-24-11-7-8-12-26(24)29(20(3)27(25)17-23)21-9-5-4-6-10-21/h4-19H,1-3H3/i3D3. The third-order valence-electron chi connectivity index (χ3n) is 5.83. The van der Waals surface area contributed by atoms with Gasteiger partial charge in [0, 0.05) is 15.9 Å². The molecule has 1 heteroatoms. The number of rotatable bonds is 3. The molecular weight excluding hydrogens is 362 g/mol. The normalized spacial score (nSPS) is 13.4. The van der Waals surface area contributed by atoms with Gasteiger partial charge in [0.1, 0.15) is 0 Å². The SMILES string of the molecule is [2H]C([2H])([2H])c1c(-c2ccccc2)c2ccccc2c2ccc(-c3cc(C(C)C)ccn3)cc12. The molecule has 146 valence electrons. The lowest BCUT2D eigenvalue weighted by atomic mass is 9.88. The van der Waals surface area contributed by atoms with Crippen LogP contribution in [0.25, 0.3) is 43.9 Å². The van der Waals surface area contributed by atoms with Crippen molar-refractivity contribution in [1.82, 2.24) is 4.98 Å². The first-order valence-corrected chi connectivity index (χ1v) is 10.4. The maximum absolute atomic E-state index is 8.50. The predicted molar refractivity (Wildman–Crippen MR) is 129 cm³/mol. The zero-order valence-corrected chi connectivity index (χ0v) is 17.2. The zero-order valence-electron chi connectivity index (χ0n) is 20.2. The molecule has 0 radical (unpaired) electrons. The van der Waals surface area contributed by atoms with Gasteiger partial charge in [-0.25, -0.2) is 0 Å². The molecule has 0 saturated carbocycles. The predicted octanol–water partition coefficient (Wildman–Crippen LogP) is 8.15. The smallest absolute Gasteiger partial charge is 0.0705 e. The van der Waals surface area contributed by atoms with Crippen LogP contribution in [-0.4, -0.2) is 4.98 Å². The van der Waals surface area contributed by atoms with Crippen molar-refractivity contribution in [1.29, 1.82) is 0 Å². The van der Waals surface area contributed by atoms with Crippen LogP contribution in [0.15, 0.2) is 91.1 Å². The van der Waals surface area contributed by atoms with Crippen molar-refractivity contribution in [3.8, 4) is 22.4 Å². The van der Waals surface area contributed by atoms with E-state index in [0.29, 0.717) is 11.5 Å².